The van der Waals surface area contributed by atoms with E-state index >= 15 is 0 Å². The predicted molar refractivity (Wildman–Crippen MR) is 71.6 cm³/mol. The molecule has 0 radical (unpaired) electrons. The molecule has 0 spiro atoms. The molecule has 3 nitrogen and oxygen atoms in total. The van der Waals surface area contributed by atoms with Crippen molar-refractivity contribution in [1.29, 1.82) is 0 Å². The molecule has 1 amide bonds. The van der Waals surface area contributed by atoms with Gasteiger partial charge in [0.2, 0.25) is 5.91 Å². The minimum Gasteiger partial charge on any atom is -0.372 e. The number of nitrogens with zero attached hydrogens (tertiary/aromatic N) is 1. The summed E-state index contributed by atoms with van der Waals surface area (Å²) in [5, 5.41) is 0.735. The van der Waals surface area contributed by atoms with Crippen molar-refractivity contribution in [3.63, 3.8) is 0 Å². The lowest BCUT2D eigenvalue weighted by molar-refractivity contribution is -0.136. The summed E-state index contributed by atoms with van der Waals surface area (Å²) in [5.74, 6) is 0.0549. The molecule has 0 aromatic heterocycles. The molecule has 1 unspecified atom stereocenters. The van der Waals surface area contributed by atoms with E-state index in [4.69, 9.17) is 16.3 Å². The Balaban J connectivity index is 2.12. The molecule has 1 aliphatic heterocycles. The number of carbonyl (C=O) groups is 1. The van der Waals surface area contributed by atoms with Gasteiger partial charge in [0.15, 0.2) is 0 Å². The van der Waals surface area contributed by atoms with Crippen LogP contribution in [0.3, 0.4) is 0 Å². The zero-order chi connectivity index (χ0) is 13.0. The van der Waals surface area contributed by atoms with Crippen LogP contribution in [0.5, 0.6) is 0 Å². The summed E-state index contributed by atoms with van der Waals surface area (Å²) < 4.78 is 5.20. The summed E-state index contributed by atoms with van der Waals surface area (Å²) in [6.45, 7) is 3.42. The van der Waals surface area contributed by atoms with E-state index in [1.54, 1.807) is 0 Å². The van der Waals surface area contributed by atoms with Gasteiger partial charge in [-0.3, -0.25) is 4.79 Å². The Morgan fingerprint density at radius 1 is 1.50 bits per heavy atom. The largest absolute Gasteiger partial charge is 0.372 e. The summed E-state index contributed by atoms with van der Waals surface area (Å²) >= 11 is 6.21. The zero-order valence-corrected chi connectivity index (χ0v) is 11.3. The van der Waals surface area contributed by atoms with Gasteiger partial charge in [0, 0.05) is 18.2 Å². The first kappa shape index (κ1) is 13.4. The zero-order valence-electron chi connectivity index (χ0n) is 10.6. The molecular formula is C14H18ClNO2. The quantitative estimate of drug-likeness (QED) is 0.839. The van der Waals surface area contributed by atoms with Crippen LogP contribution in [0, 0.1) is 0 Å². The Hall–Kier alpha value is -1.06. The molecule has 0 saturated carbocycles. The number of benzene rings is 1. The number of hydrogen-bond acceptors (Lipinski definition) is 2. The van der Waals surface area contributed by atoms with Crippen LogP contribution in [0.2, 0.25) is 5.02 Å². The number of halogens is 1. The summed E-state index contributed by atoms with van der Waals surface area (Å²) in [6.07, 6.45) is 2.00. The van der Waals surface area contributed by atoms with Crippen LogP contribution in [0.4, 0.5) is 0 Å². The topological polar surface area (TPSA) is 29.5 Å². The van der Waals surface area contributed by atoms with Crippen molar-refractivity contribution in [2.75, 3.05) is 19.8 Å². The van der Waals surface area contributed by atoms with E-state index in [1.807, 2.05) is 36.1 Å². The van der Waals surface area contributed by atoms with Crippen LogP contribution >= 0.6 is 11.6 Å². The smallest absolute Gasteiger partial charge is 0.249 e. The minimum absolute atomic E-state index is 0.0549. The summed E-state index contributed by atoms with van der Waals surface area (Å²) in [4.78, 5) is 13.9. The lowest BCUT2D eigenvalue weighted by Crippen LogP contribution is -2.33. The number of likely N-dealkylation sites (tertiary alicyclic amines) is 1. The Morgan fingerprint density at radius 3 is 3.00 bits per heavy atom. The Kier molecular flexibility index (Phi) is 4.61. The Morgan fingerprint density at radius 2 is 2.28 bits per heavy atom. The van der Waals surface area contributed by atoms with Crippen molar-refractivity contribution in [1.82, 2.24) is 4.90 Å². The lowest BCUT2D eigenvalue weighted by Gasteiger charge is -2.25. The SMILES string of the molecule is CCOCC(=O)N1CCCC1c1ccccc1Cl. The highest BCUT2D eigenvalue weighted by Gasteiger charge is 2.30. The van der Waals surface area contributed by atoms with Crippen molar-refractivity contribution >= 4 is 17.5 Å². The molecule has 0 N–H and O–H groups in total. The van der Waals surface area contributed by atoms with E-state index < -0.39 is 0 Å². The highest BCUT2D eigenvalue weighted by Crippen LogP contribution is 2.35. The van der Waals surface area contributed by atoms with Crippen LogP contribution in [0.15, 0.2) is 24.3 Å². The summed E-state index contributed by atoms with van der Waals surface area (Å²) in [6, 6.07) is 7.85. The molecule has 2 rings (SSSR count). The summed E-state index contributed by atoms with van der Waals surface area (Å²) in [7, 11) is 0. The van der Waals surface area contributed by atoms with Crippen LogP contribution in [0.25, 0.3) is 0 Å². The molecule has 1 saturated heterocycles. The van der Waals surface area contributed by atoms with E-state index in [0.717, 1.165) is 30.0 Å². The molecule has 1 aromatic carbocycles. The van der Waals surface area contributed by atoms with E-state index in [2.05, 4.69) is 0 Å². The molecule has 18 heavy (non-hydrogen) atoms. The molecule has 1 fully saturated rings. The molecule has 1 atom stereocenters. The second kappa shape index (κ2) is 6.21. The third-order valence-electron chi connectivity index (χ3n) is 3.27. The number of ether oxygens (including phenoxy) is 1. The van der Waals surface area contributed by atoms with Gasteiger partial charge in [-0.2, -0.15) is 0 Å². The van der Waals surface area contributed by atoms with Gasteiger partial charge in [0.05, 0.1) is 6.04 Å². The fourth-order valence-corrected chi connectivity index (χ4v) is 2.67. The monoisotopic (exact) mass is 267 g/mol. The van der Waals surface area contributed by atoms with Crippen LogP contribution in [0.1, 0.15) is 31.4 Å². The highest BCUT2D eigenvalue weighted by atomic mass is 35.5. The van der Waals surface area contributed by atoms with E-state index in [1.165, 1.54) is 0 Å². The van der Waals surface area contributed by atoms with Crippen molar-refractivity contribution in [3.05, 3.63) is 34.9 Å². The van der Waals surface area contributed by atoms with E-state index in [-0.39, 0.29) is 18.6 Å². The highest BCUT2D eigenvalue weighted by molar-refractivity contribution is 6.31. The maximum atomic E-state index is 12.1. The van der Waals surface area contributed by atoms with Crippen molar-refractivity contribution < 1.29 is 9.53 Å². The van der Waals surface area contributed by atoms with E-state index in [9.17, 15) is 4.79 Å². The van der Waals surface area contributed by atoms with Gasteiger partial charge in [0.25, 0.3) is 0 Å². The maximum Gasteiger partial charge on any atom is 0.249 e. The first-order valence-electron chi connectivity index (χ1n) is 6.35. The first-order chi connectivity index (χ1) is 8.74. The normalized spacial score (nSPS) is 19.2. The average Bonchev–Trinajstić information content (AvgIpc) is 2.85. The van der Waals surface area contributed by atoms with Crippen molar-refractivity contribution in [2.24, 2.45) is 0 Å². The number of hydrogen-bond donors (Lipinski definition) is 0. The lowest BCUT2D eigenvalue weighted by atomic mass is 10.0. The van der Waals surface area contributed by atoms with Gasteiger partial charge in [-0.05, 0) is 31.4 Å². The fourth-order valence-electron chi connectivity index (χ4n) is 2.41. The van der Waals surface area contributed by atoms with Gasteiger partial charge in [0.1, 0.15) is 6.61 Å². The van der Waals surface area contributed by atoms with Crippen LogP contribution in [-0.4, -0.2) is 30.6 Å². The molecular weight excluding hydrogens is 250 g/mol. The molecule has 1 aromatic rings. The first-order valence-corrected chi connectivity index (χ1v) is 6.73. The molecule has 4 heteroatoms. The van der Waals surface area contributed by atoms with Crippen LogP contribution < -0.4 is 0 Å². The summed E-state index contributed by atoms with van der Waals surface area (Å²) in [5.41, 5.74) is 1.04. The van der Waals surface area contributed by atoms with Gasteiger partial charge in [-0.25, -0.2) is 0 Å². The Labute approximate surface area is 113 Å². The van der Waals surface area contributed by atoms with Crippen LogP contribution in [-0.2, 0) is 9.53 Å². The van der Waals surface area contributed by atoms with Gasteiger partial charge >= 0.3 is 0 Å². The number of rotatable bonds is 4. The molecule has 98 valence electrons. The third kappa shape index (κ3) is 2.85. The average molecular weight is 268 g/mol. The van der Waals surface area contributed by atoms with Gasteiger partial charge in [-0.1, -0.05) is 29.8 Å². The third-order valence-corrected chi connectivity index (χ3v) is 3.61. The van der Waals surface area contributed by atoms with Crippen molar-refractivity contribution in [2.45, 2.75) is 25.8 Å². The maximum absolute atomic E-state index is 12.1. The second-order valence-electron chi connectivity index (χ2n) is 4.40. The minimum atomic E-state index is 0.0549. The number of amides is 1. The van der Waals surface area contributed by atoms with Gasteiger partial charge in [-0.15, -0.1) is 0 Å². The fraction of sp³-hybridized carbons (Fsp3) is 0.500. The Bertz CT molecular complexity index is 422. The molecule has 0 bridgehead atoms. The van der Waals surface area contributed by atoms with Gasteiger partial charge < -0.3 is 9.64 Å². The van der Waals surface area contributed by atoms with Crippen molar-refractivity contribution in [3.8, 4) is 0 Å². The molecule has 1 aliphatic rings. The molecule has 0 aliphatic carbocycles. The number of carbonyl (C=O) groups excluding carboxylic acids is 1. The standard InChI is InChI=1S/C14H18ClNO2/c1-2-18-10-14(17)16-9-5-8-13(16)11-6-3-4-7-12(11)15/h3-4,6-7,13H,2,5,8-10H2,1H3. The second-order valence-corrected chi connectivity index (χ2v) is 4.81. The predicted octanol–water partition coefficient (Wildman–Crippen LogP) is 3.04. The molecule has 1 heterocycles. The van der Waals surface area contributed by atoms with E-state index in [0.29, 0.717) is 6.61 Å².